The quantitative estimate of drug-likeness (QED) is 0.895. The van der Waals surface area contributed by atoms with Crippen molar-refractivity contribution in [2.24, 2.45) is 7.05 Å². The topological polar surface area (TPSA) is 72.9 Å². The number of aromatic nitrogens is 4. The smallest absolute Gasteiger partial charge is 0.136 e. The average molecular weight is 258 g/mol. The minimum Gasteiger partial charge on any atom is -0.384 e. The largest absolute Gasteiger partial charge is 0.384 e. The Hall–Kier alpha value is -2.11. The first kappa shape index (κ1) is 12.0. The molecule has 2 aromatic rings. The number of hydrogen-bond donors (Lipinski definition) is 1. The molecule has 19 heavy (non-hydrogen) atoms. The molecule has 1 aliphatic rings. The van der Waals surface area contributed by atoms with E-state index in [0.29, 0.717) is 18.3 Å². The van der Waals surface area contributed by atoms with Crippen LogP contribution in [-0.2, 0) is 13.6 Å². The zero-order chi connectivity index (χ0) is 13.4. The summed E-state index contributed by atoms with van der Waals surface area (Å²) in [4.78, 5) is 15.3. The Morgan fingerprint density at radius 2 is 2.21 bits per heavy atom. The van der Waals surface area contributed by atoms with Gasteiger partial charge in [-0.25, -0.2) is 15.0 Å². The lowest BCUT2D eigenvalue weighted by Crippen LogP contribution is -2.21. The Morgan fingerprint density at radius 1 is 1.42 bits per heavy atom. The highest BCUT2D eigenvalue weighted by Crippen LogP contribution is 2.38. The van der Waals surface area contributed by atoms with Gasteiger partial charge in [-0.05, 0) is 12.8 Å². The van der Waals surface area contributed by atoms with E-state index in [0.717, 1.165) is 17.5 Å². The van der Waals surface area contributed by atoms with Gasteiger partial charge in [0.25, 0.3) is 0 Å². The van der Waals surface area contributed by atoms with Crippen molar-refractivity contribution < 1.29 is 0 Å². The predicted molar refractivity (Wildman–Crippen MR) is 73.7 cm³/mol. The summed E-state index contributed by atoms with van der Waals surface area (Å²) in [6.07, 6.45) is 6.08. The third kappa shape index (κ3) is 2.52. The zero-order valence-corrected chi connectivity index (χ0v) is 11.2. The number of nitrogens with zero attached hydrogens (tertiary/aromatic N) is 5. The van der Waals surface area contributed by atoms with Gasteiger partial charge in [0.05, 0.1) is 6.54 Å². The fourth-order valence-electron chi connectivity index (χ4n) is 2.03. The molecule has 6 heteroatoms. The summed E-state index contributed by atoms with van der Waals surface area (Å²) in [7, 11) is 3.98. The Labute approximate surface area is 112 Å². The van der Waals surface area contributed by atoms with Crippen LogP contribution in [0.5, 0.6) is 0 Å². The fraction of sp³-hybridized carbons (Fsp3) is 0.462. The normalized spacial score (nSPS) is 14.6. The maximum atomic E-state index is 5.87. The molecule has 2 N–H and O–H groups in total. The monoisotopic (exact) mass is 258 g/mol. The average Bonchev–Trinajstić information content (AvgIpc) is 3.15. The first-order valence-electron chi connectivity index (χ1n) is 6.45. The summed E-state index contributed by atoms with van der Waals surface area (Å²) in [5.74, 6) is 3.77. The van der Waals surface area contributed by atoms with E-state index in [1.54, 1.807) is 6.20 Å². The minimum atomic E-state index is 0.504. The molecule has 6 nitrogen and oxygen atoms in total. The lowest BCUT2D eigenvalue weighted by Gasteiger charge is -2.18. The molecular weight excluding hydrogens is 240 g/mol. The van der Waals surface area contributed by atoms with E-state index in [9.17, 15) is 0 Å². The van der Waals surface area contributed by atoms with Gasteiger partial charge in [-0.3, -0.25) is 0 Å². The Kier molecular flexibility index (Phi) is 2.85. The van der Waals surface area contributed by atoms with Crippen LogP contribution in [0.1, 0.15) is 30.4 Å². The van der Waals surface area contributed by atoms with Crippen LogP contribution in [0.15, 0.2) is 18.5 Å². The highest BCUT2D eigenvalue weighted by molar-refractivity contribution is 5.47. The van der Waals surface area contributed by atoms with Gasteiger partial charge in [-0.2, -0.15) is 0 Å². The lowest BCUT2D eigenvalue weighted by molar-refractivity contribution is 0.750. The van der Waals surface area contributed by atoms with Crippen molar-refractivity contribution in [1.29, 1.82) is 0 Å². The molecule has 0 spiro atoms. The molecule has 2 aromatic heterocycles. The molecule has 100 valence electrons. The molecule has 0 bridgehead atoms. The molecule has 1 fully saturated rings. The van der Waals surface area contributed by atoms with Gasteiger partial charge in [0.15, 0.2) is 0 Å². The second-order valence-electron chi connectivity index (χ2n) is 5.09. The summed E-state index contributed by atoms with van der Waals surface area (Å²) in [6, 6.07) is 1.81. The van der Waals surface area contributed by atoms with Crippen LogP contribution in [0.4, 0.5) is 11.6 Å². The van der Waals surface area contributed by atoms with Gasteiger partial charge in [-0.15, -0.1) is 0 Å². The van der Waals surface area contributed by atoms with Gasteiger partial charge >= 0.3 is 0 Å². The number of rotatable bonds is 4. The molecule has 3 rings (SSSR count). The second kappa shape index (κ2) is 4.53. The van der Waals surface area contributed by atoms with E-state index < -0.39 is 0 Å². The Bertz CT molecular complexity index is 587. The Morgan fingerprint density at radius 3 is 2.84 bits per heavy atom. The predicted octanol–water partition coefficient (Wildman–Crippen LogP) is 1.31. The van der Waals surface area contributed by atoms with Gasteiger partial charge in [0, 0.05) is 38.5 Å². The summed E-state index contributed by atoms with van der Waals surface area (Å²) >= 11 is 0. The van der Waals surface area contributed by atoms with Crippen molar-refractivity contribution in [3.8, 4) is 0 Å². The first-order valence-corrected chi connectivity index (χ1v) is 6.45. The zero-order valence-electron chi connectivity index (χ0n) is 11.2. The second-order valence-corrected chi connectivity index (χ2v) is 5.09. The molecule has 0 atom stereocenters. The summed E-state index contributed by atoms with van der Waals surface area (Å²) < 4.78 is 2.00. The van der Waals surface area contributed by atoms with Crippen LogP contribution in [-0.4, -0.2) is 26.6 Å². The molecule has 1 saturated carbocycles. The summed E-state index contributed by atoms with van der Waals surface area (Å²) in [5, 5.41) is 0. The maximum absolute atomic E-state index is 5.87. The van der Waals surface area contributed by atoms with Crippen LogP contribution < -0.4 is 10.6 Å². The number of nitrogen functional groups attached to an aromatic ring is 1. The molecule has 2 heterocycles. The lowest BCUT2D eigenvalue weighted by atomic mass is 10.3. The van der Waals surface area contributed by atoms with E-state index in [1.165, 1.54) is 12.8 Å². The van der Waals surface area contributed by atoms with Crippen molar-refractivity contribution >= 4 is 11.6 Å². The Balaban J connectivity index is 1.82. The SMILES string of the molecule is CN(Cc1nccn1C)c1cc(N)nc(C2CC2)n1. The fourth-order valence-corrected chi connectivity index (χ4v) is 2.03. The van der Waals surface area contributed by atoms with Gasteiger partial charge in [0.1, 0.15) is 23.3 Å². The van der Waals surface area contributed by atoms with Crippen molar-refractivity contribution in [1.82, 2.24) is 19.5 Å². The molecule has 0 unspecified atom stereocenters. The third-order valence-electron chi connectivity index (χ3n) is 3.38. The van der Waals surface area contributed by atoms with E-state index in [1.807, 2.05) is 35.8 Å². The molecule has 0 radical (unpaired) electrons. The highest BCUT2D eigenvalue weighted by atomic mass is 15.2. The van der Waals surface area contributed by atoms with Crippen molar-refractivity contribution in [3.05, 3.63) is 30.1 Å². The summed E-state index contributed by atoms with van der Waals surface area (Å²) in [5.41, 5.74) is 5.87. The third-order valence-corrected chi connectivity index (χ3v) is 3.38. The molecule has 0 saturated heterocycles. The van der Waals surface area contributed by atoms with Crippen molar-refractivity contribution in [2.45, 2.75) is 25.3 Å². The van der Waals surface area contributed by atoms with Gasteiger partial charge in [-0.1, -0.05) is 0 Å². The van der Waals surface area contributed by atoms with Crippen molar-refractivity contribution in [2.75, 3.05) is 17.7 Å². The number of imidazole rings is 1. The number of aryl methyl sites for hydroxylation is 1. The number of nitrogens with two attached hydrogens (primary N) is 1. The molecular formula is C13H18N6. The van der Waals surface area contributed by atoms with E-state index in [-0.39, 0.29) is 0 Å². The van der Waals surface area contributed by atoms with Gasteiger partial charge in [0.2, 0.25) is 0 Å². The molecule has 1 aliphatic carbocycles. The molecule has 0 aromatic carbocycles. The van der Waals surface area contributed by atoms with E-state index >= 15 is 0 Å². The minimum absolute atomic E-state index is 0.504. The highest BCUT2D eigenvalue weighted by Gasteiger charge is 2.27. The first-order chi connectivity index (χ1) is 9.13. The summed E-state index contributed by atoms with van der Waals surface area (Å²) in [6.45, 7) is 0.698. The number of hydrogen-bond acceptors (Lipinski definition) is 5. The van der Waals surface area contributed by atoms with Crippen LogP contribution in [0, 0.1) is 0 Å². The van der Waals surface area contributed by atoms with Crippen molar-refractivity contribution in [3.63, 3.8) is 0 Å². The molecule has 0 amide bonds. The van der Waals surface area contributed by atoms with Gasteiger partial charge < -0.3 is 15.2 Å². The van der Waals surface area contributed by atoms with Crippen LogP contribution in [0.3, 0.4) is 0 Å². The van der Waals surface area contributed by atoms with Crippen LogP contribution >= 0.6 is 0 Å². The maximum Gasteiger partial charge on any atom is 0.136 e. The standard InChI is InChI=1S/C13H18N6/c1-18-6-5-15-12(18)8-19(2)11-7-10(14)16-13(17-11)9-3-4-9/h5-7,9H,3-4,8H2,1-2H3,(H2,14,16,17). The van der Waals surface area contributed by atoms with Crippen LogP contribution in [0.25, 0.3) is 0 Å². The molecule has 0 aliphatic heterocycles. The van der Waals surface area contributed by atoms with E-state index in [2.05, 4.69) is 15.0 Å². The van der Waals surface area contributed by atoms with E-state index in [4.69, 9.17) is 5.73 Å². The number of anilines is 2. The van der Waals surface area contributed by atoms with Crippen LogP contribution in [0.2, 0.25) is 0 Å².